The monoisotopic (exact) mass is 421 g/mol. The molecule has 2 unspecified atom stereocenters. The molecule has 0 saturated heterocycles. The first kappa shape index (κ1) is 21.0. The molecule has 5 aliphatic rings. The molecule has 0 radical (unpaired) electrons. The van der Waals surface area contributed by atoms with Crippen LogP contribution in [0.4, 0.5) is 0 Å². The van der Waals surface area contributed by atoms with Gasteiger partial charge in [-0.25, -0.2) is 0 Å². The molecule has 166 valence electrons. The lowest BCUT2D eigenvalue weighted by Gasteiger charge is -2.59. The van der Waals surface area contributed by atoms with Crippen molar-refractivity contribution in [3.8, 4) is 6.07 Å². The van der Waals surface area contributed by atoms with Gasteiger partial charge in [-0.3, -0.25) is 9.59 Å². The molecule has 3 fully saturated rings. The Hall–Kier alpha value is -1.89. The lowest BCUT2D eigenvalue weighted by Crippen LogP contribution is -2.57. The molecule has 0 aromatic carbocycles. The first-order valence-electron chi connectivity index (χ1n) is 12.4. The Bertz CT molecular complexity index is 915. The summed E-state index contributed by atoms with van der Waals surface area (Å²) in [5.41, 5.74) is 3.06. The third-order valence-electron chi connectivity index (χ3n) is 10.5. The molecule has 4 atom stereocenters. The highest BCUT2D eigenvalue weighted by atomic mass is 16.4. The van der Waals surface area contributed by atoms with E-state index in [1.165, 1.54) is 11.1 Å². The second kappa shape index (κ2) is 7.32. The number of carboxylic acids is 1. The number of ketones is 1. The Kier molecular flexibility index (Phi) is 4.96. The molecule has 3 saturated carbocycles. The molecule has 0 bridgehead atoms. The van der Waals surface area contributed by atoms with Crippen molar-refractivity contribution in [2.45, 2.75) is 96.8 Å². The molecular formula is C27H35NO3. The summed E-state index contributed by atoms with van der Waals surface area (Å²) in [7, 11) is 0. The third-order valence-corrected chi connectivity index (χ3v) is 10.5. The smallest absolute Gasteiger partial charge is 0.310 e. The zero-order valence-electron chi connectivity index (χ0n) is 18.8. The van der Waals surface area contributed by atoms with E-state index in [1.54, 1.807) is 5.57 Å². The van der Waals surface area contributed by atoms with Gasteiger partial charge in [0.15, 0.2) is 5.78 Å². The van der Waals surface area contributed by atoms with Gasteiger partial charge in [0.25, 0.3) is 0 Å². The molecule has 0 aromatic heterocycles. The molecule has 0 amide bonds. The molecule has 5 aliphatic carbocycles. The molecule has 31 heavy (non-hydrogen) atoms. The van der Waals surface area contributed by atoms with Crippen molar-refractivity contribution in [1.82, 2.24) is 0 Å². The Balaban J connectivity index is 1.59. The highest BCUT2D eigenvalue weighted by Gasteiger charge is 2.70. The normalized spacial score (nSPS) is 39.1. The molecule has 0 heterocycles. The van der Waals surface area contributed by atoms with Crippen LogP contribution in [0.5, 0.6) is 0 Å². The second-order valence-electron chi connectivity index (χ2n) is 11.2. The van der Waals surface area contributed by atoms with Gasteiger partial charge in [0.2, 0.25) is 0 Å². The fourth-order valence-electron chi connectivity index (χ4n) is 9.10. The maximum absolute atomic E-state index is 12.9. The number of hydrogen-bond acceptors (Lipinski definition) is 3. The minimum atomic E-state index is -0.744. The standard InChI is InChI=1S/C27H35NO3/c1-25-13-9-21-20-8-6-19(29)17-18(20)5-7-22(21)23(25)10-14-27(25,15-16-28)26(24(30)31)11-3-2-4-12-26/h17,22-23H,2-15H2,1H3,(H,30,31)/t22?,23?,25-,27+/m0/s1. The number of hydrogen-bond donors (Lipinski definition) is 1. The molecule has 0 aliphatic heterocycles. The molecular weight excluding hydrogens is 386 g/mol. The molecule has 1 N–H and O–H groups in total. The van der Waals surface area contributed by atoms with Gasteiger partial charge in [0.1, 0.15) is 0 Å². The lowest BCUT2D eigenvalue weighted by molar-refractivity contribution is -0.177. The van der Waals surface area contributed by atoms with E-state index in [-0.39, 0.29) is 11.2 Å². The maximum atomic E-state index is 12.9. The van der Waals surface area contributed by atoms with E-state index >= 15 is 0 Å². The van der Waals surface area contributed by atoms with E-state index in [1.807, 2.05) is 6.08 Å². The van der Waals surface area contributed by atoms with Gasteiger partial charge in [-0.2, -0.15) is 5.26 Å². The average Bonchev–Trinajstić information content (AvgIpc) is 3.07. The lowest BCUT2D eigenvalue weighted by atomic mass is 9.43. The number of nitrogens with zero attached hydrogens (tertiary/aromatic N) is 1. The summed E-state index contributed by atoms with van der Waals surface area (Å²) in [4.78, 5) is 24.9. The van der Waals surface area contributed by atoms with Gasteiger partial charge in [0, 0.05) is 18.3 Å². The average molecular weight is 422 g/mol. The second-order valence-corrected chi connectivity index (χ2v) is 11.2. The highest BCUT2D eigenvalue weighted by Crippen LogP contribution is 2.74. The summed E-state index contributed by atoms with van der Waals surface area (Å²) in [6.45, 7) is 2.36. The van der Waals surface area contributed by atoms with Gasteiger partial charge < -0.3 is 5.11 Å². The van der Waals surface area contributed by atoms with E-state index in [2.05, 4.69) is 13.0 Å². The van der Waals surface area contributed by atoms with Crippen LogP contribution < -0.4 is 0 Å². The van der Waals surface area contributed by atoms with Crippen molar-refractivity contribution in [2.24, 2.45) is 28.1 Å². The van der Waals surface area contributed by atoms with E-state index in [9.17, 15) is 20.0 Å². The summed E-state index contributed by atoms with van der Waals surface area (Å²) in [6, 6.07) is 2.49. The van der Waals surface area contributed by atoms with Crippen molar-refractivity contribution in [2.75, 3.05) is 0 Å². The summed E-state index contributed by atoms with van der Waals surface area (Å²) < 4.78 is 0. The predicted octanol–water partition coefficient (Wildman–Crippen LogP) is 6.13. The Labute approximate surface area is 185 Å². The van der Waals surface area contributed by atoms with Gasteiger partial charge in [-0.1, -0.05) is 31.8 Å². The fraction of sp³-hybridized carbons (Fsp3) is 0.741. The van der Waals surface area contributed by atoms with Crippen LogP contribution in [0.1, 0.15) is 96.8 Å². The number of carbonyl (C=O) groups excluding carboxylic acids is 1. The number of allylic oxidation sites excluding steroid dienone is 4. The number of rotatable bonds is 3. The van der Waals surface area contributed by atoms with Gasteiger partial charge in [0.05, 0.1) is 11.5 Å². The van der Waals surface area contributed by atoms with E-state index in [0.29, 0.717) is 24.7 Å². The largest absolute Gasteiger partial charge is 0.481 e. The van der Waals surface area contributed by atoms with Crippen LogP contribution in [0.2, 0.25) is 0 Å². The minimum absolute atomic E-state index is 0.0983. The van der Waals surface area contributed by atoms with Crippen LogP contribution >= 0.6 is 0 Å². The van der Waals surface area contributed by atoms with Crippen LogP contribution in [-0.4, -0.2) is 16.9 Å². The van der Waals surface area contributed by atoms with E-state index in [4.69, 9.17) is 0 Å². The highest BCUT2D eigenvalue weighted by molar-refractivity contribution is 5.93. The number of carboxylic acid groups (broad SMARTS) is 1. The summed E-state index contributed by atoms with van der Waals surface area (Å²) >= 11 is 0. The van der Waals surface area contributed by atoms with Crippen LogP contribution in [0.25, 0.3) is 0 Å². The Morgan fingerprint density at radius 2 is 1.87 bits per heavy atom. The number of aliphatic carboxylic acids is 1. The van der Waals surface area contributed by atoms with Gasteiger partial charge >= 0.3 is 5.97 Å². The van der Waals surface area contributed by atoms with Crippen molar-refractivity contribution in [3.63, 3.8) is 0 Å². The van der Waals surface area contributed by atoms with E-state index < -0.39 is 16.8 Å². The molecule has 0 aromatic rings. The summed E-state index contributed by atoms with van der Waals surface area (Å²) in [5, 5.41) is 20.5. The number of fused-ring (bicyclic) bond motifs is 4. The van der Waals surface area contributed by atoms with Crippen molar-refractivity contribution >= 4 is 11.8 Å². The van der Waals surface area contributed by atoms with E-state index in [0.717, 1.165) is 77.0 Å². The number of nitriles is 1. The Morgan fingerprint density at radius 1 is 1.10 bits per heavy atom. The van der Waals surface area contributed by atoms with Crippen LogP contribution in [0, 0.1) is 39.4 Å². The van der Waals surface area contributed by atoms with Crippen LogP contribution in [0.15, 0.2) is 22.8 Å². The van der Waals surface area contributed by atoms with Crippen molar-refractivity contribution in [1.29, 1.82) is 5.26 Å². The van der Waals surface area contributed by atoms with Gasteiger partial charge in [-0.15, -0.1) is 0 Å². The topological polar surface area (TPSA) is 78.2 Å². The molecule has 4 heteroatoms. The van der Waals surface area contributed by atoms with Crippen LogP contribution in [0.3, 0.4) is 0 Å². The zero-order valence-corrected chi connectivity index (χ0v) is 18.8. The van der Waals surface area contributed by atoms with Crippen molar-refractivity contribution < 1.29 is 14.7 Å². The quantitative estimate of drug-likeness (QED) is 0.595. The molecule has 5 rings (SSSR count). The Morgan fingerprint density at radius 3 is 2.58 bits per heavy atom. The predicted molar refractivity (Wildman–Crippen MR) is 118 cm³/mol. The molecule has 4 nitrogen and oxygen atoms in total. The summed E-state index contributed by atoms with van der Waals surface area (Å²) in [6.07, 6.45) is 14.3. The minimum Gasteiger partial charge on any atom is -0.481 e. The zero-order chi connectivity index (χ0) is 21.9. The maximum Gasteiger partial charge on any atom is 0.310 e. The fourth-order valence-corrected chi connectivity index (χ4v) is 9.10. The first-order valence-corrected chi connectivity index (χ1v) is 12.4. The number of carbonyl (C=O) groups is 2. The SMILES string of the molecule is C[C@]12CCC3=C4CCC(=O)C=C4CCC3C1CC[C@]2(CC#N)C1(C(=O)O)CCCCC1. The first-order chi connectivity index (χ1) is 14.9. The van der Waals surface area contributed by atoms with Crippen LogP contribution in [-0.2, 0) is 9.59 Å². The molecule has 0 spiro atoms. The van der Waals surface area contributed by atoms with Crippen molar-refractivity contribution in [3.05, 3.63) is 22.8 Å². The summed E-state index contributed by atoms with van der Waals surface area (Å²) in [5.74, 6) is 0.602. The van der Waals surface area contributed by atoms with Gasteiger partial charge in [-0.05, 0) is 92.3 Å². The third kappa shape index (κ3) is 2.71.